The van der Waals surface area contributed by atoms with Gasteiger partial charge in [0.05, 0.1) is 0 Å². The number of hydrogen-bond donors (Lipinski definition) is 2. The number of aryl methyl sites for hydroxylation is 1. The largest absolute Gasteiger partial charge is 0.508 e. The van der Waals surface area contributed by atoms with Crippen LogP contribution in [-0.4, -0.2) is 11.1 Å². The Balaban J connectivity index is 1.77. The second-order valence-corrected chi connectivity index (χ2v) is 5.51. The lowest BCUT2D eigenvalue weighted by atomic mass is 9.87. The Morgan fingerprint density at radius 3 is 3.06 bits per heavy atom. The predicted octanol–water partition coefficient (Wildman–Crippen LogP) is 3.16. The number of nitrogens with one attached hydrogen (secondary N) is 1. The summed E-state index contributed by atoms with van der Waals surface area (Å²) in [6.07, 6.45) is 6.26. The fourth-order valence-corrected chi connectivity index (χ4v) is 3.12. The quantitative estimate of drug-likeness (QED) is 0.837. The SMILES string of the molecule is CCC1CC1NC1CCCc2ccc(O)cc21. The van der Waals surface area contributed by atoms with Gasteiger partial charge in [-0.25, -0.2) is 0 Å². The molecule has 1 fully saturated rings. The molecule has 0 aliphatic heterocycles. The second-order valence-electron chi connectivity index (χ2n) is 5.51. The van der Waals surface area contributed by atoms with Crippen molar-refractivity contribution in [1.29, 1.82) is 0 Å². The molecule has 0 spiro atoms. The van der Waals surface area contributed by atoms with Crippen LogP contribution >= 0.6 is 0 Å². The van der Waals surface area contributed by atoms with Gasteiger partial charge in [0.2, 0.25) is 0 Å². The first kappa shape index (κ1) is 11.1. The zero-order chi connectivity index (χ0) is 11.8. The van der Waals surface area contributed by atoms with Crippen LogP contribution in [0.3, 0.4) is 0 Å². The van der Waals surface area contributed by atoms with Gasteiger partial charge in [0, 0.05) is 12.1 Å². The van der Waals surface area contributed by atoms with Gasteiger partial charge in [-0.1, -0.05) is 19.4 Å². The number of phenols is 1. The third-order valence-corrected chi connectivity index (χ3v) is 4.31. The summed E-state index contributed by atoms with van der Waals surface area (Å²) in [6.45, 7) is 2.27. The van der Waals surface area contributed by atoms with Crippen LogP contribution in [-0.2, 0) is 6.42 Å². The van der Waals surface area contributed by atoms with Crippen molar-refractivity contribution in [1.82, 2.24) is 5.32 Å². The number of hydrogen-bond acceptors (Lipinski definition) is 2. The topological polar surface area (TPSA) is 32.3 Å². The Labute approximate surface area is 103 Å². The Kier molecular flexibility index (Phi) is 2.83. The maximum atomic E-state index is 9.63. The Hall–Kier alpha value is -1.02. The summed E-state index contributed by atoms with van der Waals surface area (Å²) < 4.78 is 0. The van der Waals surface area contributed by atoms with Crippen molar-refractivity contribution in [2.75, 3.05) is 0 Å². The number of benzene rings is 1. The van der Waals surface area contributed by atoms with Crippen LogP contribution < -0.4 is 5.32 Å². The van der Waals surface area contributed by atoms with E-state index in [-0.39, 0.29) is 0 Å². The summed E-state index contributed by atoms with van der Waals surface area (Å²) in [5, 5.41) is 13.4. The number of rotatable bonds is 3. The number of aromatic hydroxyl groups is 1. The monoisotopic (exact) mass is 231 g/mol. The molecule has 0 aromatic heterocycles. The van der Waals surface area contributed by atoms with Gasteiger partial charge in [0.25, 0.3) is 0 Å². The minimum atomic E-state index is 0.403. The molecule has 2 aliphatic carbocycles. The summed E-state index contributed by atoms with van der Waals surface area (Å²) >= 11 is 0. The highest BCUT2D eigenvalue weighted by molar-refractivity contribution is 5.38. The van der Waals surface area contributed by atoms with Gasteiger partial charge in [0.1, 0.15) is 5.75 Å². The van der Waals surface area contributed by atoms with Crippen molar-refractivity contribution in [3.8, 4) is 5.75 Å². The van der Waals surface area contributed by atoms with E-state index in [1.54, 1.807) is 0 Å². The molecule has 1 aromatic rings. The highest BCUT2D eigenvalue weighted by atomic mass is 16.3. The molecule has 0 radical (unpaired) electrons. The summed E-state index contributed by atoms with van der Waals surface area (Å²) in [5.41, 5.74) is 2.75. The zero-order valence-corrected chi connectivity index (χ0v) is 10.4. The average Bonchev–Trinajstić information content (AvgIpc) is 3.08. The molecule has 2 heteroatoms. The molecule has 3 atom stereocenters. The van der Waals surface area contributed by atoms with Crippen molar-refractivity contribution in [3.05, 3.63) is 29.3 Å². The molecule has 3 unspecified atom stereocenters. The first-order chi connectivity index (χ1) is 8.28. The van der Waals surface area contributed by atoms with E-state index < -0.39 is 0 Å². The summed E-state index contributed by atoms with van der Waals surface area (Å²) in [4.78, 5) is 0. The van der Waals surface area contributed by atoms with E-state index >= 15 is 0 Å². The van der Waals surface area contributed by atoms with E-state index in [2.05, 4.69) is 18.3 Å². The van der Waals surface area contributed by atoms with Gasteiger partial charge in [-0.2, -0.15) is 0 Å². The standard InChI is InChI=1S/C15H21NO/c1-2-10-8-15(10)16-14-5-3-4-11-6-7-12(17)9-13(11)14/h6-7,9-10,14-17H,2-5,8H2,1H3. The first-order valence-corrected chi connectivity index (χ1v) is 6.85. The smallest absolute Gasteiger partial charge is 0.115 e. The molecule has 0 saturated heterocycles. The minimum absolute atomic E-state index is 0.403. The van der Waals surface area contributed by atoms with Gasteiger partial charge < -0.3 is 10.4 Å². The first-order valence-electron chi connectivity index (χ1n) is 6.85. The van der Waals surface area contributed by atoms with Crippen LogP contribution in [0.4, 0.5) is 0 Å². The fourth-order valence-electron chi connectivity index (χ4n) is 3.12. The van der Waals surface area contributed by atoms with Gasteiger partial charge >= 0.3 is 0 Å². The van der Waals surface area contributed by atoms with Crippen LogP contribution in [0.1, 0.15) is 49.8 Å². The Bertz CT molecular complexity index is 415. The normalized spacial score (nSPS) is 31.0. The van der Waals surface area contributed by atoms with E-state index in [9.17, 15) is 5.11 Å². The molecule has 2 N–H and O–H groups in total. The molecular formula is C15H21NO. The summed E-state index contributed by atoms with van der Waals surface area (Å²) in [6, 6.07) is 7.04. The predicted molar refractivity (Wildman–Crippen MR) is 69.1 cm³/mol. The van der Waals surface area contributed by atoms with Gasteiger partial charge in [-0.3, -0.25) is 0 Å². The van der Waals surface area contributed by atoms with Gasteiger partial charge in [0.15, 0.2) is 0 Å². The van der Waals surface area contributed by atoms with Crippen molar-refractivity contribution in [2.24, 2.45) is 5.92 Å². The lowest BCUT2D eigenvalue weighted by Gasteiger charge is -2.27. The number of fused-ring (bicyclic) bond motifs is 1. The Morgan fingerprint density at radius 1 is 1.41 bits per heavy atom. The molecule has 0 amide bonds. The van der Waals surface area contributed by atoms with Crippen LogP contribution in [0, 0.1) is 5.92 Å². The molecular weight excluding hydrogens is 210 g/mol. The minimum Gasteiger partial charge on any atom is -0.508 e. The number of phenolic OH excluding ortho intramolecular Hbond substituents is 1. The van der Waals surface area contributed by atoms with E-state index in [0.29, 0.717) is 11.8 Å². The van der Waals surface area contributed by atoms with Crippen LogP contribution in [0.25, 0.3) is 0 Å². The molecule has 17 heavy (non-hydrogen) atoms. The summed E-state index contributed by atoms with van der Waals surface area (Å²) in [7, 11) is 0. The average molecular weight is 231 g/mol. The summed E-state index contributed by atoms with van der Waals surface area (Å²) in [5.74, 6) is 1.29. The molecule has 1 aromatic carbocycles. The molecule has 2 nitrogen and oxygen atoms in total. The molecule has 0 heterocycles. The lowest BCUT2D eigenvalue weighted by Crippen LogP contribution is -2.27. The van der Waals surface area contributed by atoms with E-state index in [1.807, 2.05) is 12.1 Å². The van der Waals surface area contributed by atoms with Crippen LogP contribution in [0.5, 0.6) is 5.75 Å². The molecule has 3 rings (SSSR count). The molecule has 92 valence electrons. The fraction of sp³-hybridized carbons (Fsp3) is 0.600. The van der Waals surface area contributed by atoms with E-state index in [1.165, 1.54) is 36.8 Å². The maximum absolute atomic E-state index is 9.63. The van der Waals surface area contributed by atoms with Gasteiger partial charge in [-0.15, -0.1) is 0 Å². The van der Waals surface area contributed by atoms with Crippen molar-refractivity contribution in [3.63, 3.8) is 0 Å². The van der Waals surface area contributed by atoms with E-state index in [0.717, 1.165) is 18.4 Å². The second kappa shape index (κ2) is 4.34. The maximum Gasteiger partial charge on any atom is 0.115 e. The van der Waals surface area contributed by atoms with Gasteiger partial charge in [-0.05, 0) is 54.9 Å². The molecule has 0 bridgehead atoms. The van der Waals surface area contributed by atoms with Crippen molar-refractivity contribution >= 4 is 0 Å². The Morgan fingerprint density at radius 2 is 2.29 bits per heavy atom. The molecule has 2 aliphatic rings. The zero-order valence-electron chi connectivity index (χ0n) is 10.4. The highest BCUT2D eigenvalue weighted by Gasteiger charge is 2.37. The van der Waals surface area contributed by atoms with Crippen molar-refractivity contribution < 1.29 is 5.11 Å². The van der Waals surface area contributed by atoms with Crippen LogP contribution in [0.2, 0.25) is 0 Å². The third kappa shape index (κ3) is 2.19. The highest BCUT2D eigenvalue weighted by Crippen LogP contribution is 2.39. The van der Waals surface area contributed by atoms with Crippen LogP contribution in [0.15, 0.2) is 18.2 Å². The molecule has 1 saturated carbocycles. The third-order valence-electron chi connectivity index (χ3n) is 4.31. The lowest BCUT2D eigenvalue weighted by molar-refractivity contribution is 0.435. The van der Waals surface area contributed by atoms with E-state index in [4.69, 9.17) is 0 Å². The van der Waals surface area contributed by atoms with Crippen molar-refractivity contribution in [2.45, 2.75) is 51.1 Å².